The molecule has 1 saturated carbocycles. The topological polar surface area (TPSA) is 42.1 Å². The first-order valence-corrected chi connectivity index (χ1v) is 11.4. The maximum atomic E-state index is 5.83. The van der Waals surface area contributed by atoms with Gasteiger partial charge in [-0.3, -0.25) is 19.4 Å². The zero-order chi connectivity index (χ0) is 21.0. The molecule has 1 aromatic carbocycles. The van der Waals surface area contributed by atoms with Crippen LogP contribution >= 0.6 is 12.2 Å². The zero-order valence-electron chi connectivity index (χ0n) is 17.7. The van der Waals surface area contributed by atoms with E-state index in [0.29, 0.717) is 6.04 Å². The molecule has 1 aliphatic carbocycles. The fraction of sp³-hybridized carbons (Fsp3) is 0.375. The highest BCUT2D eigenvalue weighted by Crippen LogP contribution is 2.38. The molecule has 2 aliphatic rings. The predicted octanol–water partition coefficient (Wildman–Crippen LogP) is 4.10. The number of piperazine rings is 1. The Bertz CT molecular complexity index is 1080. The zero-order valence-corrected chi connectivity index (χ0v) is 18.5. The van der Waals surface area contributed by atoms with Crippen molar-refractivity contribution >= 4 is 18.3 Å². The molecule has 2 aromatic heterocycles. The minimum atomic E-state index is 0.498. The molecule has 0 spiro atoms. The van der Waals surface area contributed by atoms with Crippen LogP contribution in [-0.2, 0) is 6.67 Å². The van der Waals surface area contributed by atoms with E-state index in [1.54, 1.807) is 0 Å². The maximum absolute atomic E-state index is 5.83. The minimum Gasteiger partial charge on any atom is -0.297 e. The van der Waals surface area contributed by atoms with Gasteiger partial charge in [-0.15, -0.1) is 0 Å². The lowest BCUT2D eigenvalue weighted by Gasteiger charge is -2.33. The highest BCUT2D eigenvalue weighted by atomic mass is 32.1. The Morgan fingerprint density at radius 2 is 1.65 bits per heavy atom. The van der Waals surface area contributed by atoms with Crippen molar-refractivity contribution in [1.29, 1.82) is 0 Å². The number of aromatic nitrogens is 4. The van der Waals surface area contributed by atoms with Crippen LogP contribution in [0, 0.1) is 4.77 Å². The normalized spacial score (nSPS) is 18.1. The van der Waals surface area contributed by atoms with Crippen LogP contribution in [0.5, 0.6) is 0 Å². The van der Waals surface area contributed by atoms with Gasteiger partial charge in [0.1, 0.15) is 0 Å². The van der Waals surface area contributed by atoms with Gasteiger partial charge in [0.15, 0.2) is 10.6 Å². The molecule has 3 aromatic rings. The fourth-order valence-electron chi connectivity index (χ4n) is 4.08. The summed E-state index contributed by atoms with van der Waals surface area (Å²) in [5, 5.41) is 4.92. The van der Waals surface area contributed by atoms with Crippen LogP contribution < -0.4 is 0 Å². The average Bonchev–Trinajstić information content (AvgIpc) is 3.60. The number of hydrogen-bond acceptors (Lipinski definition) is 5. The van der Waals surface area contributed by atoms with Gasteiger partial charge in [-0.05, 0) is 42.8 Å². The molecule has 3 heterocycles. The van der Waals surface area contributed by atoms with Crippen LogP contribution in [0.15, 0.2) is 60.9 Å². The van der Waals surface area contributed by atoms with Crippen molar-refractivity contribution < 1.29 is 0 Å². The van der Waals surface area contributed by atoms with E-state index in [9.17, 15) is 0 Å². The van der Waals surface area contributed by atoms with Gasteiger partial charge in [-0.25, -0.2) is 4.68 Å². The van der Waals surface area contributed by atoms with Crippen LogP contribution in [0.2, 0.25) is 0 Å². The van der Waals surface area contributed by atoms with Crippen LogP contribution in [0.25, 0.3) is 17.5 Å². The third-order valence-corrected chi connectivity index (χ3v) is 6.40. The second-order valence-electron chi connectivity index (χ2n) is 8.32. The first kappa shape index (κ1) is 20.3. The Hall–Kier alpha value is -2.61. The van der Waals surface area contributed by atoms with Gasteiger partial charge in [0.2, 0.25) is 0 Å². The molecule has 1 saturated heterocycles. The van der Waals surface area contributed by atoms with Gasteiger partial charge in [-0.2, -0.15) is 5.10 Å². The summed E-state index contributed by atoms with van der Waals surface area (Å²) in [6.45, 7) is 5.93. The molecular formula is C24H28N6S. The lowest BCUT2D eigenvalue weighted by Crippen LogP contribution is -2.46. The van der Waals surface area contributed by atoms with Crippen molar-refractivity contribution in [3.8, 4) is 11.4 Å². The van der Waals surface area contributed by atoms with Crippen molar-refractivity contribution in [2.75, 3.05) is 32.7 Å². The molecule has 31 heavy (non-hydrogen) atoms. The van der Waals surface area contributed by atoms with Gasteiger partial charge in [0.05, 0.1) is 6.67 Å². The van der Waals surface area contributed by atoms with Crippen molar-refractivity contribution in [2.45, 2.75) is 25.6 Å². The Balaban J connectivity index is 1.21. The highest BCUT2D eigenvalue weighted by Gasteiger charge is 2.29. The Labute approximate surface area is 188 Å². The monoisotopic (exact) mass is 432 g/mol. The molecule has 0 unspecified atom stereocenters. The van der Waals surface area contributed by atoms with Gasteiger partial charge < -0.3 is 0 Å². The summed E-state index contributed by atoms with van der Waals surface area (Å²) in [7, 11) is 0. The highest BCUT2D eigenvalue weighted by molar-refractivity contribution is 7.71. The summed E-state index contributed by atoms with van der Waals surface area (Å²) in [5.41, 5.74) is 2.34. The van der Waals surface area contributed by atoms with E-state index < -0.39 is 0 Å². The average molecular weight is 433 g/mol. The van der Waals surface area contributed by atoms with E-state index in [4.69, 9.17) is 17.3 Å². The van der Waals surface area contributed by atoms with Crippen molar-refractivity contribution in [3.63, 3.8) is 0 Å². The number of rotatable bonds is 7. The molecule has 7 heteroatoms. The van der Waals surface area contributed by atoms with Gasteiger partial charge in [-0.1, -0.05) is 42.5 Å². The standard InChI is InChI=1S/C24H28N6S/c31-24-29(26-23(30(24)22-8-9-22)21-10-12-25-13-11-21)19-28-17-15-27(16-18-28)14-4-7-20-5-2-1-3-6-20/h1-7,10-13,22H,8-9,14-19H2/b7-4+. The Kier molecular flexibility index (Phi) is 6.06. The third-order valence-electron chi connectivity index (χ3n) is 5.99. The molecule has 0 N–H and O–H groups in total. The van der Waals surface area contributed by atoms with E-state index in [2.05, 4.69) is 61.8 Å². The largest absolute Gasteiger partial charge is 0.297 e. The summed E-state index contributed by atoms with van der Waals surface area (Å²) in [6.07, 6.45) is 10.5. The number of hydrogen-bond donors (Lipinski definition) is 0. The number of benzene rings is 1. The molecule has 1 aliphatic heterocycles. The summed E-state index contributed by atoms with van der Waals surface area (Å²) >= 11 is 5.83. The Morgan fingerprint density at radius 3 is 2.35 bits per heavy atom. The summed E-state index contributed by atoms with van der Waals surface area (Å²) in [6, 6.07) is 15.0. The molecular weight excluding hydrogens is 404 g/mol. The van der Waals surface area contributed by atoms with Crippen molar-refractivity contribution in [1.82, 2.24) is 29.1 Å². The number of nitrogens with zero attached hydrogens (tertiary/aromatic N) is 6. The molecule has 6 nitrogen and oxygen atoms in total. The van der Waals surface area contributed by atoms with Gasteiger partial charge >= 0.3 is 0 Å². The molecule has 160 valence electrons. The summed E-state index contributed by atoms with van der Waals surface area (Å²) in [4.78, 5) is 9.09. The van der Waals surface area contributed by atoms with Crippen LogP contribution in [0.3, 0.4) is 0 Å². The van der Waals surface area contributed by atoms with E-state index in [1.807, 2.05) is 29.2 Å². The second kappa shape index (κ2) is 9.26. The molecule has 0 radical (unpaired) electrons. The quantitative estimate of drug-likeness (QED) is 0.526. The van der Waals surface area contributed by atoms with E-state index in [1.165, 1.54) is 18.4 Å². The minimum absolute atomic E-state index is 0.498. The van der Waals surface area contributed by atoms with Crippen molar-refractivity contribution in [3.05, 3.63) is 71.3 Å². The van der Waals surface area contributed by atoms with Crippen LogP contribution in [0.4, 0.5) is 0 Å². The molecule has 2 fully saturated rings. The molecule has 0 bridgehead atoms. The van der Waals surface area contributed by atoms with E-state index in [0.717, 1.165) is 55.6 Å². The molecule has 0 atom stereocenters. The number of pyridine rings is 1. The first-order valence-electron chi connectivity index (χ1n) is 11.0. The maximum Gasteiger partial charge on any atom is 0.199 e. The molecule has 5 rings (SSSR count). The summed E-state index contributed by atoms with van der Waals surface area (Å²) in [5.74, 6) is 0.972. The van der Waals surface area contributed by atoms with Crippen molar-refractivity contribution in [2.24, 2.45) is 0 Å². The summed E-state index contributed by atoms with van der Waals surface area (Å²) < 4.78 is 5.09. The van der Waals surface area contributed by atoms with Crippen LogP contribution in [0.1, 0.15) is 24.4 Å². The van der Waals surface area contributed by atoms with E-state index >= 15 is 0 Å². The SMILES string of the molecule is S=c1n(CN2CCN(C/C=C/c3ccccc3)CC2)nc(-c2ccncc2)n1C1CC1. The third kappa shape index (κ3) is 4.84. The lowest BCUT2D eigenvalue weighted by molar-refractivity contribution is 0.110. The second-order valence-corrected chi connectivity index (χ2v) is 8.68. The van der Waals surface area contributed by atoms with Crippen LogP contribution in [-0.4, -0.2) is 61.9 Å². The predicted molar refractivity (Wildman–Crippen MR) is 126 cm³/mol. The Morgan fingerprint density at radius 1 is 0.935 bits per heavy atom. The fourth-order valence-corrected chi connectivity index (χ4v) is 4.41. The lowest BCUT2D eigenvalue weighted by atomic mass is 10.2. The van der Waals surface area contributed by atoms with E-state index in [-0.39, 0.29) is 0 Å². The van der Waals surface area contributed by atoms with Gasteiger partial charge in [0.25, 0.3) is 0 Å². The van der Waals surface area contributed by atoms with Gasteiger partial charge in [0, 0.05) is 56.7 Å². The first-order chi connectivity index (χ1) is 15.3. The smallest absolute Gasteiger partial charge is 0.199 e. The molecule has 0 amide bonds.